The van der Waals surface area contributed by atoms with Gasteiger partial charge in [0.25, 0.3) is 0 Å². The number of urea groups is 1. The molecule has 0 fully saturated rings. The van der Waals surface area contributed by atoms with Gasteiger partial charge >= 0.3 is 12.0 Å². The van der Waals surface area contributed by atoms with Crippen molar-refractivity contribution in [2.24, 2.45) is 11.7 Å². The van der Waals surface area contributed by atoms with Crippen LogP contribution in [0, 0.1) is 5.92 Å². The third kappa shape index (κ3) is 7.28. The van der Waals surface area contributed by atoms with Crippen molar-refractivity contribution >= 4 is 17.9 Å². The van der Waals surface area contributed by atoms with Gasteiger partial charge in [-0.15, -0.1) is 0 Å². The lowest BCUT2D eigenvalue weighted by Crippen LogP contribution is -2.53. The van der Waals surface area contributed by atoms with Gasteiger partial charge < -0.3 is 21.5 Å². The van der Waals surface area contributed by atoms with E-state index in [2.05, 4.69) is 10.6 Å². The van der Waals surface area contributed by atoms with Crippen molar-refractivity contribution in [1.29, 1.82) is 0 Å². The van der Waals surface area contributed by atoms with Crippen molar-refractivity contribution in [3.8, 4) is 0 Å². The van der Waals surface area contributed by atoms with E-state index in [9.17, 15) is 14.4 Å². The van der Waals surface area contributed by atoms with Crippen molar-refractivity contribution in [1.82, 2.24) is 10.6 Å². The summed E-state index contributed by atoms with van der Waals surface area (Å²) in [6, 6.07) is -1.80. The van der Waals surface area contributed by atoms with E-state index in [1.54, 1.807) is 13.8 Å². The maximum atomic E-state index is 11.7. The van der Waals surface area contributed by atoms with Crippen molar-refractivity contribution < 1.29 is 19.5 Å². The third-order valence-corrected chi connectivity index (χ3v) is 2.65. The Morgan fingerprint density at radius 3 is 2.16 bits per heavy atom. The van der Waals surface area contributed by atoms with Crippen LogP contribution in [0.25, 0.3) is 0 Å². The molecule has 5 N–H and O–H groups in total. The van der Waals surface area contributed by atoms with E-state index < -0.39 is 30.0 Å². The summed E-state index contributed by atoms with van der Waals surface area (Å²) in [6.07, 6.45) is 1.16. The fraction of sp³-hybridized carbons (Fsp3) is 0.750. The summed E-state index contributed by atoms with van der Waals surface area (Å²) < 4.78 is 0. The van der Waals surface area contributed by atoms with Crippen molar-refractivity contribution in [2.45, 2.75) is 52.1 Å². The van der Waals surface area contributed by atoms with E-state index in [1.807, 2.05) is 6.92 Å². The first-order valence-electron chi connectivity index (χ1n) is 6.36. The standard InChI is InChI=1S/C12H23N3O4/c1-4-5-8(6-9(16)17)14-12(19)15-10(7(2)3)11(13)18/h7-8,10H,4-6H2,1-3H3,(H2,13,18)(H,16,17)(H2,14,15,19). The molecule has 0 spiro atoms. The zero-order valence-corrected chi connectivity index (χ0v) is 11.6. The molecule has 7 heteroatoms. The SMILES string of the molecule is CCCC(CC(=O)O)NC(=O)NC(C(N)=O)C(C)C. The summed E-state index contributed by atoms with van der Waals surface area (Å²) in [5, 5.41) is 13.7. The van der Waals surface area contributed by atoms with Gasteiger partial charge in [-0.2, -0.15) is 0 Å². The normalized spacial score (nSPS) is 13.7. The molecular formula is C12H23N3O4. The first kappa shape index (κ1) is 17.2. The number of rotatable bonds is 8. The second kappa shape index (κ2) is 8.34. The van der Waals surface area contributed by atoms with Gasteiger partial charge in [0.15, 0.2) is 0 Å². The van der Waals surface area contributed by atoms with Gasteiger partial charge in [0.05, 0.1) is 6.42 Å². The smallest absolute Gasteiger partial charge is 0.315 e. The molecule has 2 atom stereocenters. The van der Waals surface area contributed by atoms with Crippen LogP contribution in [0.5, 0.6) is 0 Å². The maximum absolute atomic E-state index is 11.7. The molecule has 110 valence electrons. The molecule has 3 amide bonds. The van der Waals surface area contributed by atoms with Crippen LogP contribution in [0.2, 0.25) is 0 Å². The number of amides is 3. The molecule has 0 aliphatic rings. The quantitative estimate of drug-likeness (QED) is 0.512. The molecule has 0 rings (SSSR count). The monoisotopic (exact) mass is 273 g/mol. The lowest BCUT2D eigenvalue weighted by Gasteiger charge is -2.22. The highest BCUT2D eigenvalue weighted by Gasteiger charge is 2.23. The molecular weight excluding hydrogens is 250 g/mol. The van der Waals surface area contributed by atoms with Crippen molar-refractivity contribution in [3.63, 3.8) is 0 Å². The topological polar surface area (TPSA) is 122 Å². The third-order valence-electron chi connectivity index (χ3n) is 2.65. The summed E-state index contributed by atoms with van der Waals surface area (Å²) in [4.78, 5) is 33.5. The predicted octanol–water partition coefficient (Wildman–Crippen LogP) is 0.439. The van der Waals surface area contributed by atoms with Crippen LogP contribution >= 0.6 is 0 Å². The average molecular weight is 273 g/mol. The van der Waals surface area contributed by atoms with E-state index in [4.69, 9.17) is 10.8 Å². The zero-order chi connectivity index (χ0) is 15.0. The minimum atomic E-state index is -0.978. The van der Waals surface area contributed by atoms with Gasteiger partial charge in [-0.3, -0.25) is 9.59 Å². The highest BCUT2D eigenvalue weighted by atomic mass is 16.4. The van der Waals surface area contributed by atoms with Crippen LogP contribution in [0.1, 0.15) is 40.0 Å². The molecule has 2 unspecified atom stereocenters. The van der Waals surface area contributed by atoms with Gasteiger partial charge in [0.1, 0.15) is 6.04 Å². The molecule has 0 aromatic heterocycles. The predicted molar refractivity (Wildman–Crippen MR) is 70.4 cm³/mol. The van der Waals surface area contributed by atoms with E-state index >= 15 is 0 Å². The summed E-state index contributed by atoms with van der Waals surface area (Å²) in [7, 11) is 0. The maximum Gasteiger partial charge on any atom is 0.315 e. The zero-order valence-electron chi connectivity index (χ0n) is 11.6. The van der Waals surface area contributed by atoms with Crippen molar-refractivity contribution in [3.05, 3.63) is 0 Å². The molecule has 0 saturated heterocycles. The highest BCUT2D eigenvalue weighted by molar-refractivity contribution is 5.86. The molecule has 0 aromatic rings. The van der Waals surface area contributed by atoms with E-state index in [1.165, 1.54) is 0 Å². The molecule has 0 aliphatic carbocycles. The Morgan fingerprint density at radius 2 is 1.79 bits per heavy atom. The lowest BCUT2D eigenvalue weighted by atomic mass is 10.0. The lowest BCUT2D eigenvalue weighted by molar-refractivity contribution is -0.137. The summed E-state index contributed by atoms with van der Waals surface area (Å²) in [5.74, 6) is -1.73. The Morgan fingerprint density at radius 1 is 1.21 bits per heavy atom. The number of carboxylic acid groups (broad SMARTS) is 1. The number of nitrogens with one attached hydrogen (secondary N) is 2. The van der Waals surface area contributed by atoms with Crippen LogP contribution in [0.15, 0.2) is 0 Å². The number of carbonyl (C=O) groups excluding carboxylic acids is 2. The second-order valence-corrected chi connectivity index (χ2v) is 4.83. The summed E-state index contributed by atoms with van der Waals surface area (Å²) >= 11 is 0. The number of primary amides is 1. The second-order valence-electron chi connectivity index (χ2n) is 4.83. The number of hydrogen-bond acceptors (Lipinski definition) is 3. The number of hydrogen-bond donors (Lipinski definition) is 4. The molecule has 0 saturated carbocycles. The minimum Gasteiger partial charge on any atom is -0.481 e. The Hall–Kier alpha value is -1.79. The van der Waals surface area contributed by atoms with E-state index in [0.717, 1.165) is 6.42 Å². The number of carbonyl (C=O) groups is 3. The van der Waals surface area contributed by atoms with Crippen molar-refractivity contribution in [2.75, 3.05) is 0 Å². The van der Waals surface area contributed by atoms with Crippen LogP contribution in [-0.4, -0.2) is 35.1 Å². The van der Waals surface area contributed by atoms with Crippen LogP contribution in [-0.2, 0) is 9.59 Å². The average Bonchev–Trinajstić information content (AvgIpc) is 2.24. The number of carboxylic acids is 1. The first-order chi connectivity index (χ1) is 8.77. The largest absolute Gasteiger partial charge is 0.481 e. The molecule has 0 radical (unpaired) electrons. The van der Waals surface area contributed by atoms with Crippen LogP contribution in [0.4, 0.5) is 4.79 Å². The molecule has 19 heavy (non-hydrogen) atoms. The fourth-order valence-electron chi connectivity index (χ4n) is 1.72. The Kier molecular flexibility index (Phi) is 7.55. The highest BCUT2D eigenvalue weighted by Crippen LogP contribution is 2.03. The minimum absolute atomic E-state index is 0.132. The molecule has 0 aromatic carbocycles. The summed E-state index contributed by atoms with van der Waals surface area (Å²) in [5.41, 5.74) is 5.18. The summed E-state index contributed by atoms with van der Waals surface area (Å²) in [6.45, 7) is 5.42. The van der Waals surface area contributed by atoms with Crippen LogP contribution in [0.3, 0.4) is 0 Å². The van der Waals surface area contributed by atoms with Gasteiger partial charge in [0.2, 0.25) is 5.91 Å². The molecule has 7 nitrogen and oxygen atoms in total. The number of nitrogens with two attached hydrogens (primary N) is 1. The Labute approximate surface area is 112 Å². The molecule has 0 aliphatic heterocycles. The van der Waals surface area contributed by atoms with E-state index in [-0.39, 0.29) is 12.3 Å². The van der Waals surface area contributed by atoms with E-state index in [0.29, 0.717) is 6.42 Å². The Balaban J connectivity index is 4.46. The van der Waals surface area contributed by atoms with Crippen LogP contribution < -0.4 is 16.4 Å². The first-order valence-corrected chi connectivity index (χ1v) is 6.36. The van der Waals surface area contributed by atoms with Gasteiger partial charge in [-0.1, -0.05) is 27.2 Å². The van der Waals surface area contributed by atoms with Gasteiger partial charge in [-0.25, -0.2) is 4.79 Å². The van der Waals surface area contributed by atoms with Gasteiger partial charge in [0, 0.05) is 6.04 Å². The number of aliphatic carboxylic acids is 1. The molecule has 0 heterocycles. The fourth-order valence-corrected chi connectivity index (χ4v) is 1.72. The molecule has 0 bridgehead atoms. The van der Waals surface area contributed by atoms with Gasteiger partial charge in [-0.05, 0) is 12.3 Å². The Bertz CT molecular complexity index is 331.